The van der Waals surface area contributed by atoms with Gasteiger partial charge in [0.25, 0.3) is 5.56 Å². The average Bonchev–Trinajstić information content (AvgIpc) is 2.74. The zero-order chi connectivity index (χ0) is 20.5. The molecule has 0 aliphatic carbocycles. The topological polar surface area (TPSA) is 110 Å². The molecule has 2 heterocycles. The molecule has 0 spiro atoms. The minimum Gasteiger partial charge on any atom is -0.494 e. The Kier molecular flexibility index (Phi) is 7.05. The molecule has 0 unspecified atom stereocenters. The lowest BCUT2D eigenvalue weighted by Gasteiger charge is -2.06. The van der Waals surface area contributed by atoms with Gasteiger partial charge in [-0.05, 0) is 31.2 Å². The quantitative estimate of drug-likeness (QED) is 0.575. The van der Waals surface area contributed by atoms with E-state index < -0.39 is 0 Å². The predicted octanol–water partition coefficient (Wildman–Crippen LogP) is 1.92. The second-order valence-corrected chi connectivity index (χ2v) is 6.33. The van der Waals surface area contributed by atoms with E-state index in [0.29, 0.717) is 36.7 Å². The predicted molar refractivity (Wildman–Crippen MR) is 109 cm³/mol. The Hall–Kier alpha value is -3.55. The third-order valence-electron chi connectivity index (χ3n) is 4.20. The van der Waals surface area contributed by atoms with E-state index in [-0.39, 0.29) is 30.0 Å². The molecule has 8 nitrogen and oxygen atoms in total. The second kappa shape index (κ2) is 10.1. The molecular weight excluding hydrogens is 370 g/mol. The molecule has 0 aliphatic heterocycles. The number of hydrogen-bond donors (Lipinski definition) is 2. The Morgan fingerprint density at radius 3 is 2.79 bits per heavy atom. The molecule has 1 aromatic carbocycles. The minimum absolute atomic E-state index is 0.143. The highest BCUT2D eigenvalue weighted by Crippen LogP contribution is 2.19. The van der Waals surface area contributed by atoms with Crippen LogP contribution in [0.3, 0.4) is 0 Å². The molecule has 0 fully saturated rings. The molecule has 3 rings (SSSR count). The molecule has 2 N–H and O–H groups in total. The molecule has 0 saturated carbocycles. The standard InChI is InChI=1S/C21H23N5O3/c1-2-29-17-8-5-6-15(14-17)20-24-21(28)18(25-26-20)9-10-19(27)23-13-11-16-7-3-4-12-22-16/h3-8,12,14H,2,9-11,13H2,1H3,(H,23,27)(H,24,26,28). The molecule has 29 heavy (non-hydrogen) atoms. The van der Waals surface area contributed by atoms with E-state index >= 15 is 0 Å². The van der Waals surface area contributed by atoms with E-state index in [1.807, 2.05) is 43.3 Å². The first-order valence-corrected chi connectivity index (χ1v) is 9.51. The maximum absolute atomic E-state index is 12.3. The molecule has 0 atom stereocenters. The summed E-state index contributed by atoms with van der Waals surface area (Å²) in [4.78, 5) is 31.2. The first-order valence-electron chi connectivity index (χ1n) is 9.51. The van der Waals surface area contributed by atoms with Crippen LogP contribution >= 0.6 is 0 Å². The summed E-state index contributed by atoms with van der Waals surface area (Å²) in [5.74, 6) is 0.912. The summed E-state index contributed by atoms with van der Waals surface area (Å²) < 4.78 is 5.46. The summed E-state index contributed by atoms with van der Waals surface area (Å²) in [7, 11) is 0. The van der Waals surface area contributed by atoms with Gasteiger partial charge in [-0.2, -0.15) is 0 Å². The van der Waals surface area contributed by atoms with Gasteiger partial charge in [0.15, 0.2) is 5.82 Å². The SMILES string of the molecule is CCOc1cccc(-c2nnc(CCC(=O)NCCc3ccccn3)c(=O)[nH]2)c1. The Morgan fingerprint density at radius 2 is 2.03 bits per heavy atom. The summed E-state index contributed by atoms with van der Waals surface area (Å²) in [5, 5.41) is 10.9. The number of rotatable bonds is 9. The largest absolute Gasteiger partial charge is 0.494 e. The van der Waals surface area contributed by atoms with Gasteiger partial charge in [0.2, 0.25) is 5.91 Å². The highest BCUT2D eigenvalue weighted by atomic mass is 16.5. The Balaban J connectivity index is 1.53. The van der Waals surface area contributed by atoms with Gasteiger partial charge in [-0.3, -0.25) is 14.6 Å². The average molecular weight is 393 g/mol. The second-order valence-electron chi connectivity index (χ2n) is 6.33. The van der Waals surface area contributed by atoms with Gasteiger partial charge in [0.05, 0.1) is 6.61 Å². The summed E-state index contributed by atoms with van der Waals surface area (Å²) in [6.45, 7) is 2.94. The van der Waals surface area contributed by atoms with Crippen LogP contribution in [0, 0.1) is 0 Å². The number of aromatic amines is 1. The molecule has 8 heteroatoms. The van der Waals surface area contributed by atoms with E-state index in [1.165, 1.54) is 0 Å². The van der Waals surface area contributed by atoms with Gasteiger partial charge in [-0.15, -0.1) is 10.2 Å². The third-order valence-corrected chi connectivity index (χ3v) is 4.20. The van der Waals surface area contributed by atoms with Crippen molar-refractivity contribution in [3.8, 4) is 17.1 Å². The highest BCUT2D eigenvalue weighted by molar-refractivity contribution is 5.76. The zero-order valence-electron chi connectivity index (χ0n) is 16.2. The van der Waals surface area contributed by atoms with Crippen molar-refractivity contribution in [2.24, 2.45) is 0 Å². The van der Waals surface area contributed by atoms with Crippen molar-refractivity contribution < 1.29 is 9.53 Å². The Bertz CT molecular complexity index is 1000. The fourth-order valence-corrected chi connectivity index (χ4v) is 2.75. The maximum atomic E-state index is 12.3. The van der Waals surface area contributed by atoms with E-state index in [1.54, 1.807) is 12.3 Å². The van der Waals surface area contributed by atoms with Gasteiger partial charge in [0.1, 0.15) is 11.4 Å². The number of nitrogens with one attached hydrogen (secondary N) is 2. The van der Waals surface area contributed by atoms with Crippen LogP contribution in [0.2, 0.25) is 0 Å². The number of aromatic nitrogens is 4. The molecule has 3 aromatic rings. The van der Waals surface area contributed by atoms with E-state index in [2.05, 4.69) is 25.5 Å². The van der Waals surface area contributed by atoms with Crippen LogP contribution in [0.4, 0.5) is 0 Å². The molecule has 0 aliphatic rings. The Labute approximate surface area is 168 Å². The molecule has 0 bridgehead atoms. The van der Waals surface area contributed by atoms with E-state index in [0.717, 1.165) is 5.69 Å². The van der Waals surface area contributed by atoms with Crippen LogP contribution in [-0.4, -0.2) is 39.2 Å². The number of carbonyl (C=O) groups excluding carboxylic acids is 1. The van der Waals surface area contributed by atoms with Crippen molar-refractivity contribution in [1.29, 1.82) is 0 Å². The molecule has 150 valence electrons. The molecule has 0 radical (unpaired) electrons. The van der Waals surface area contributed by atoms with Crippen LogP contribution in [-0.2, 0) is 17.6 Å². The zero-order valence-corrected chi connectivity index (χ0v) is 16.2. The van der Waals surface area contributed by atoms with Crippen molar-refractivity contribution in [1.82, 2.24) is 25.5 Å². The van der Waals surface area contributed by atoms with E-state index in [9.17, 15) is 9.59 Å². The lowest BCUT2D eigenvalue weighted by atomic mass is 10.2. The van der Waals surface area contributed by atoms with E-state index in [4.69, 9.17) is 4.74 Å². The van der Waals surface area contributed by atoms with Crippen molar-refractivity contribution >= 4 is 5.91 Å². The number of ether oxygens (including phenoxy) is 1. The van der Waals surface area contributed by atoms with Gasteiger partial charge in [-0.1, -0.05) is 18.2 Å². The van der Waals surface area contributed by atoms with Crippen LogP contribution in [0.1, 0.15) is 24.7 Å². The molecular formula is C21H23N5O3. The maximum Gasteiger partial charge on any atom is 0.273 e. The number of hydrogen-bond acceptors (Lipinski definition) is 6. The van der Waals surface area contributed by atoms with Gasteiger partial charge in [-0.25, -0.2) is 0 Å². The first kappa shape index (κ1) is 20.2. The molecule has 1 amide bonds. The first-order chi connectivity index (χ1) is 14.2. The normalized spacial score (nSPS) is 10.5. The number of carbonyl (C=O) groups is 1. The van der Waals surface area contributed by atoms with Crippen LogP contribution < -0.4 is 15.6 Å². The lowest BCUT2D eigenvalue weighted by molar-refractivity contribution is -0.121. The summed E-state index contributed by atoms with van der Waals surface area (Å²) in [6, 6.07) is 12.9. The number of benzene rings is 1. The minimum atomic E-state index is -0.349. The molecule has 0 saturated heterocycles. The van der Waals surface area contributed by atoms with Gasteiger partial charge in [0, 0.05) is 43.3 Å². The lowest BCUT2D eigenvalue weighted by Crippen LogP contribution is -2.27. The number of pyridine rings is 1. The van der Waals surface area contributed by atoms with Crippen LogP contribution in [0.25, 0.3) is 11.4 Å². The van der Waals surface area contributed by atoms with Crippen molar-refractivity contribution in [3.05, 3.63) is 70.4 Å². The number of nitrogens with zero attached hydrogens (tertiary/aromatic N) is 3. The number of H-pyrrole nitrogens is 1. The third kappa shape index (κ3) is 5.97. The fraction of sp³-hybridized carbons (Fsp3) is 0.286. The number of amides is 1. The highest BCUT2D eigenvalue weighted by Gasteiger charge is 2.10. The van der Waals surface area contributed by atoms with Crippen molar-refractivity contribution in [2.45, 2.75) is 26.2 Å². The van der Waals surface area contributed by atoms with Crippen LogP contribution in [0.5, 0.6) is 5.75 Å². The smallest absolute Gasteiger partial charge is 0.273 e. The van der Waals surface area contributed by atoms with Crippen molar-refractivity contribution in [3.63, 3.8) is 0 Å². The van der Waals surface area contributed by atoms with Crippen LogP contribution in [0.15, 0.2) is 53.5 Å². The van der Waals surface area contributed by atoms with Crippen molar-refractivity contribution in [2.75, 3.05) is 13.2 Å². The monoisotopic (exact) mass is 393 g/mol. The van der Waals surface area contributed by atoms with Gasteiger partial charge >= 0.3 is 0 Å². The van der Waals surface area contributed by atoms with Gasteiger partial charge < -0.3 is 15.0 Å². The summed E-state index contributed by atoms with van der Waals surface area (Å²) in [5.41, 5.74) is 1.51. The molecule has 2 aromatic heterocycles. The fourth-order valence-electron chi connectivity index (χ4n) is 2.75. The number of aryl methyl sites for hydroxylation is 1. The summed E-state index contributed by atoms with van der Waals surface area (Å²) in [6.07, 6.45) is 2.76. The summed E-state index contributed by atoms with van der Waals surface area (Å²) >= 11 is 0. The Morgan fingerprint density at radius 1 is 1.14 bits per heavy atom.